The summed E-state index contributed by atoms with van der Waals surface area (Å²) in [6, 6.07) is 10.4. The quantitative estimate of drug-likeness (QED) is 0.858. The zero-order valence-corrected chi connectivity index (χ0v) is 14.5. The molecule has 0 aliphatic carbocycles. The Kier molecular flexibility index (Phi) is 6.15. The fourth-order valence-electron chi connectivity index (χ4n) is 1.99. The molecule has 0 spiro atoms. The van der Waals surface area contributed by atoms with Gasteiger partial charge in [0.25, 0.3) is 11.8 Å². The number of benzene rings is 2. The highest BCUT2D eigenvalue weighted by molar-refractivity contribution is 6.33. The summed E-state index contributed by atoms with van der Waals surface area (Å²) >= 11 is 5.83. The molecule has 4 nitrogen and oxygen atoms in total. The lowest BCUT2D eigenvalue weighted by Gasteiger charge is -2.09. The molecule has 0 aromatic heterocycles. The fraction of sp³-hybridized carbons (Fsp3) is 0.158. The van der Waals surface area contributed by atoms with Crippen LogP contribution in [-0.4, -0.2) is 37.4 Å². The molecule has 0 radical (unpaired) electrons. The van der Waals surface area contributed by atoms with Gasteiger partial charge in [0.1, 0.15) is 5.82 Å². The first-order chi connectivity index (χ1) is 11.9. The number of hydrogen-bond donors (Lipinski definition) is 1. The maximum Gasteiger partial charge on any atom is 0.253 e. The third kappa shape index (κ3) is 5.07. The zero-order chi connectivity index (χ0) is 18.4. The standard InChI is InChI=1S/C19H16ClFN2O2/c1-23(2)19(25)14-7-5-13(6-8-14)4-3-11-22-18(24)16-10-9-15(21)12-17(16)20/h5-10,12H,11H2,1-2H3,(H,22,24). The largest absolute Gasteiger partial charge is 0.345 e. The molecule has 2 rings (SSSR count). The molecule has 0 aliphatic rings. The van der Waals surface area contributed by atoms with Crippen molar-refractivity contribution < 1.29 is 14.0 Å². The second kappa shape index (κ2) is 8.32. The zero-order valence-electron chi connectivity index (χ0n) is 13.8. The van der Waals surface area contributed by atoms with Crippen molar-refractivity contribution in [3.8, 4) is 11.8 Å². The third-order valence-electron chi connectivity index (χ3n) is 3.28. The summed E-state index contributed by atoms with van der Waals surface area (Å²) in [4.78, 5) is 25.2. The summed E-state index contributed by atoms with van der Waals surface area (Å²) in [5, 5.41) is 2.64. The Morgan fingerprint density at radius 1 is 1.16 bits per heavy atom. The van der Waals surface area contributed by atoms with Gasteiger partial charge >= 0.3 is 0 Å². The predicted octanol–water partition coefficient (Wildman–Crippen LogP) is 2.96. The van der Waals surface area contributed by atoms with E-state index < -0.39 is 11.7 Å². The number of hydrogen-bond acceptors (Lipinski definition) is 2. The van der Waals surface area contributed by atoms with Crippen LogP contribution < -0.4 is 5.32 Å². The molecule has 6 heteroatoms. The molecule has 0 atom stereocenters. The Morgan fingerprint density at radius 3 is 2.44 bits per heavy atom. The molecule has 2 amide bonds. The van der Waals surface area contributed by atoms with Crippen LogP contribution in [0.2, 0.25) is 5.02 Å². The van der Waals surface area contributed by atoms with Crippen LogP contribution >= 0.6 is 11.6 Å². The summed E-state index contributed by atoms with van der Waals surface area (Å²) in [6.45, 7) is 0.116. The monoisotopic (exact) mass is 358 g/mol. The van der Waals surface area contributed by atoms with E-state index >= 15 is 0 Å². The van der Waals surface area contributed by atoms with Crippen molar-refractivity contribution in [2.24, 2.45) is 0 Å². The molecular formula is C19H16ClFN2O2. The fourth-order valence-corrected chi connectivity index (χ4v) is 2.25. The first-order valence-corrected chi connectivity index (χ1v) is 7.80. The molecule has 0 heterocycles. The van der Waals surface area contributed by atoms with Gasteiger partial charge in [0, 0.05) is 25.2 Å². The van der Waals surface area contributed by atoms with E-state index in [4.69, 9.17) is 11.6 Å². The minimum Gasteiger partial charge on any atom is -0.345 e. The van der Waals surface area contributed by atoms with E-state index in [1.54, 1.807) is 38.4 Å². The summed E-state index contributed by atoms with van der Waals surface area (Å²) in [5.74, 6) is 4.69. The van der Waals surface area contributed by atoms with Gasteiger partial charge in [0.15, 0.2) is 0 Å². The molecule has 1 N–H and O–H groups in total. The topological polar surface area (TPSA) is 49.4 Å². The number of amides is 2. The van der Waals surface area contributed by atoms with Gasteiger partial charge in [-0.25, -0.2) is 4.39 Å². The third-order valence-corrected chi connectivity index (χ3v) is 3.60. The van der Waals surface area contributed by atoms with Gasteiger partial charge in [-0.15, -0.1) is 0 Å². The van der Waals surface area contributed by atoms with Crippen molar-refractivity contribution in [2.45, 2.75) is 0 Å². The number of nitrogens with one attached hydrogen (secondary N) is 1. The minimum atomic E-state index is -0.502. The number of nitrogens with zero attached hydrogens (tertiary/aromatic N) is 1. The van der Waals surface area contributed by atoms with Crippen LogP contribution in [0.15, 0.2) is 42.5 Å². The number of carbonyl (C=O) groups is 2. The van der Waals surface area contributed by atoms with Crippen LogP contribution in [0, 0.1) is 17.7 Å². The van der Waals surface area contributed by atoms with E-state index in [0.717, 1.165) is 11.6 Å². The molecule has 0 saturated carbocycles. The molecule has 0 bridgehead atoms. The van der Waals surface area contributed by atoms with Gasteiger partial charge in [-0.05, 0) is 42.5 Å². The minimum absolute atomic E-state index is 0.0478. The molecule has 2 aromatic carbocycles. The van der Waals surface area contributed by atoms with Crippen molar-refractivity contribution in [1.82, 2.24) is 10.2 Å². The maximum atomic E-state index is 13.0. The molecule has 0 aliphatic heterocycles. The lowest BCUT2D eigenvalue weighted by molar-refractivity contribution is 0.0827. The van der Waals surface area contributed by atoms with Crippen LogP contribution in [0.5, 0.6) is 0 Å². The van der Waals surface area contributed by atoms with E-state index in [1.807, 2.05) is 0 Å². The molecule has 0 saturated heterocycles. The summed E-state index contributed by atoms with van der Waals surface area (Å²) in [5.41, 5.74) is 1.50. The van der Waals surface area contributed by atoms with Crippen molar-refractivity contribution in [3.63, 3.8) is 0 Å². The molecule has 2 aromatic rings. The maximum absolute atomic E-state index is 13.0. The highest BCUT2D eigenvalue weighted by Gasteiger charge is 2.10. The first-order valence-electron chi connectivity index (χ1n) is 7.42. The van der Waals surface area contributed by atoms with Crippen molar-refractivity contribution in [2.75, 3.05) is 20.6 Å². The summed E-state index contributed by atoms with van der Waals surface area (Å²) < 4.78 is 13.0. The van der Waals surface area contributed by atoms with Crippen LogP contribution in [0.3, 0.4) is 0 Å². The highest BCUT2D eigenvalue weighted by atomic mass is 35.5. The molecule has 128 valence electrons. The smallest absolute Gasteiger partial charge is 0.253 e. The van der Waals surface area contributed by atoms with Gasteiger partial charge in [0.2, 0.25) is 0 Å². The predicted molar refractivity (Wildman–Crippen MR) is 95.1 cm³/mol. The van der Waals surface area contributed by atoms with Crippen LogP contribution in [0.1, 0.15) is 26.3 Å². The lowest BCUT2D eigenvalue weighted by atomic mass is 10.1. The number of rotatable bonds is 3. The normalized spacial score (nSPS) is 9.76. The van der Waals surface area contributed by atoms with Crippen molar-refractivity contribution >= 4 is 23.4 Å². The van der Waals surface area contributed by atoms with Crippen LogP contribution in [0.4, 0.5) is 4.39 Å². The molecule has 25 heavy (non-hydrogen) atoms. The van der Waals surface area contributed by atoms with Crippen LogP contribution in [-0.2, 0) is 0 Å². The average molecular weight is 359 g/mol. The Labute approximate surface area is 150 Å². The van der Waals surface area contributed by atoms with Gasteiger partial charge in [-0.2, -0.15) is 0 Å². The van der Waals surface area contributed by atoms with E-state index in [0.29, 0.717) is 5.56 Å². The highest BCUT2D eigenvalue weighted by Crippen LogP contribution is 2.16. The average Bonchev–Trinajstić information content (AvgIpc) is 2.58. The molecule has 0 unspecified atom stereocenters. The summed E-state index contributed by atoms with van der Waals surface area (Å²) in [7, 11) is 3.37. The Bertz CT molecular complexity index is 852. The summed E-state index contributed by atoms with van der Waals surface area (Å²) in [6.07, 6.45) is 0. The second-order valence-electron chi connectivity index (χ2n) is 5.39. The van der Waals surface area contributed by atoms with Crippen molar-refractivity contribution in [3.05, 3.63) is 70.0 Å². The van der Waals surface area contributed by atoms with E-state index in [1.165, 1.54) is 17.0 Å². The van der Waals surface area contributed by atoms with Gasteiger partial charge in [0.05, 0.1) is 17.1 Å². The van der Waals surface area contributed by atoms with Gasteiger partial charge in [-0.3, -0.25) is 9.59 Å². The Hall–Kier alpha value is -2.84. The molecule has 0 fully saturated rings. The van der Waals surface area contributed by atoms with Crippen molar-refractivity contribution in [1.29, 1.82) is 0 Å². The Morgan fingerprint density at radius 2 is 1.84 bits per heavy atom. The van der Waals surface area contributed by atoms with Crippen LogP contribution in [0.25, 0.3) is 0 Å². The number of halogens is 2. The van der Waals surface area contributed by atoms with Gasteiger partial charge < -0.3 is 10.2 Å². The Balaban J connectivity index is 1.94. The van der Waals surface area contributed by atoms with E-state index in [-0.39, 0.29) is 23.0 Å². The van der Waals surface area contributed by atoms with E-state index in [2.05, 4.69) is 17.2 Å². The number of carbonyl (C=O) groups excluding carboxylic acids is 2. The van der Waals surface area contributed by atoms with E-state index in [9.17, 15) is 14.0 Å². The first kappa shape index (κ1) is 18.5. The lowest BCUT2D eigenvalue weighted by Crippen LogP contribution is -2.23. The van der Waals surface area contributed by atoms with Gasteiger partial charge in [-0.1, -0.05) is 23.4 Å². The SMILES string of the molecule is CN(C)C(=O)c1ccc(C#CCNC(=O)c2ccc(F)cc2Cl)cc1. The second-order valence-corrected chi connectivity index (χ2v) is 5.79. The molecular weight excluding hydrogens is 343 g/mol.